The molecule has 1 aliphatic rings. The zero-order chi connectivity index (χ0) is 11.5. The number of fused-ring (bicyclic) bond motifs is 1. The summed E-state index contributed by atoms with van der Waals surface area (Å²) in [7, 11) is 0. The van der Waals surface area contributed by atoms with Crippen LogP contribution in [0.2, 0.25) is 0 Å². The van der Waals surface area contributed by atoms with Gasteiger partial charge in [0.1, 0.15) is 5.82 Å². The van der Waals surface area contributed by atoms with Crippen molar-refractivity contribution in [1.29, 1.82) is 0 Å². The fraction of sp³-hybridized carbons (Fsp3) is 0.538. The quantitative estimate of drug-likeness (QED) is 0.847. The van der Waals surface area contributed by atoms with Crippen LogP contribution >= 0.6 is 0 Å². The van der Waals surface area contributed by atoms with Crippen molar-refractivity contribution in [2.45, 2.75) is 32.2 Å². The van der Waals surface area contributed by atoms with Crippen molar-refractivity contribution in [3.63, 3.8) is 0 Å². The Balaban J connectivity index is 2.22. The largest absolute Gasteiger partial charge is 0.368 e. The van der Waals surface area contributed by atoms with Crippen molar-refractivity contribution in [2.24, 2.45) is 5.73 Å². The van der Waals surface area contributed by atoms with Gasteiger partial charge in [0, 0.05) is 23.8 Å². The highest BCUT2D eigenvalue weighted by Gasteiger charge is 2.29. The molecule has 1 aliphatic heterocycles. The fourth-order valence-electron chi connectivity index (χ4n) is 2.60. The summed E-state index contributed by atoms with van der Waals surface area (Å²) in [4.78, 5) is 2.30. The van der Waals surface area contributed by atoms with Gasteiger partial charge >= 0.3 is 0 Å². The summed E-state index contributed by atoms with van der Waals surface area (Å²) in [6.07, 6.45) is 2.89. The van der Waals surface area contributed by atoms with Gasteiger partial charge in [-0.1, -0.05) is 6.07 Å². The average molecular weight is 222 g/mol. The molecule has 0 amide bonds. The molecule has 0 aliphatic carbocycles. The summed E-state index contributed by atoms with van der Waals surface area (Å²) < 4.78 is 13.6. The fourth-order valence-corrected chi connectivity index (χ4v) is 2.60. The molecular formula is C13H19FN2. The van der Waals surface area contributed by atoms with E-state index in [4.69, 9.17) is 5.73 Å². The summed E-state index contributed by atoms with van der Waals surface area (Å²) in [5.74, 6) is -0.0637. The lowest BCUT2D eigenvalue weighted by Gasteiger charge is -2.25. The number of anilines is 1. The standard InChI is InChI=1S/C13H19FN2/c1-2-16-10(5-4-8-15)9-11-12(14)6-3-7-13(11)16/h3,6-7,10H,2,4-5,8-9,15H2,1H3. The van der Waals surface area contributed by atoms with Gasteiger partial charge in [0.25, 0.3) is 0 Å². The van der Waals surface area contributed by atoms with Crippen LogP contribution in [0.15, 0.2) is 18.2 Å². The molecule has 1 atom stereocenters. The molecule has 0 saturated heterocycles. The summed E-state index contributed by atoms with van der Waals surface area (Å²) in [5.41, 5.74) is 7.49. The van der Waals surface area contributed by atoms with Crippen LogP contribution in [0, 0.1) is 5.82 Å². The first-order valence-corrected chi connectivity index (χ1v) is 6.02. The number of hydrogen-bond acceptors (Lipinski definition) is 2. The Labute approximate surface area is 96.2 Å². The van der Waals surface area contributed by atoms with E-state index in [9.17, 15) is 4.39 Å². The molecule has 0 bridgehead atoms. The van der Waals surface area contributed by atoms with Crippen LogP contribution in [0.1, 0.15) is 25.3 Å². The highest BCUT2D eigenvalue weighted by molar-refractivity contribution is 5.59. The predicted octanol–water partition coefficient (Wildman–Crippen LogP) is 2.32. The Morgan fingerprint density at radius 1 is 1.50 bits per heavy atom. The van der Waals surface area contributed by atoms with Crippen molar-refractivity contribution >= 4 is 5.69 Å². The number of nitrogens with two attached hydrogens (primary N) is 1. The first-order chi connectivity index (χ1) is 7.77. The van der Waals surface area contributed by atoms with Gasteiger partial charge in [-0.05, 0) is 44.9 Å². The molecule has 1 aromatic rings. The monoisotopic (exact) mass is 222 g/mol. The van der Waals surface area contributed by atoms with E-state index >= 15 is 0 Å². The molecule has 1 aromatic carbocycles. The second-order valence-corrected chi connectivity index (χ2v) is 4.31. The van der Waals surface area contributed by atoms with Crippen LogP contribution in [-0.2, 0) is 6.42 Å². The third kappa shape index (κ3) is 1.92. The number of hydrogen-bond donors (Lipinski definition) is 1. The molecule has 0 saturated carbocycles. The van der Waals surface area contributed by atoms with Crippen LogP contribution in [0.25, 0.3) is 0 Å². The van der Waals surface area contributed by atoms with Gasteiger partial charge in [0.15, 0.2) is 0 Å². The lowest BCUT2D eigenvalue weighted by atomic mass is 10.1. The third-order valence-electron chi connectivity index (χ3n) is 3.37. The maximum Gasteiger partial charge on any atom is 0.128 e. The molecule has 1 unspecified atom stereocenters. The topological polar surface area (TPSA) is 29.3 Å². The average Bonchev–Trinajstić information content (AvgIpc) is 2.65. The minimum Gasteiger partial charge on any atom is -0.368 e. The minimum absolute atomic E-state index is 0.0637. The van der Waals surface area contributed by atoms with Crippen molar-refractivity contribution < 1.29 is 4.39 Å². The van der Waals surface area contributed by atoms with Crippen LogP contribution in [0.3, 0.4) is 0 Å². The van der Waals surface area contributed by atoms with Crippen LogP contribution in [0.4, 0.5) is 10.1 Å². The zero-order valence-electron chi connectivity index (χ0n) is 9.75. The number of nitrogens with zero attached hydrogens (tertiary/aromatic N) is 1. The second-order valence-electron chi connectivity index (χ2n) is 4.31. The molecule has 1 heterocycles. The smallest absolute Gasteiger partial charge is 0.128 e. The maximum atomic E-state index is 13.6. The van der Waals surface area contributed by atoms with Gasteiger partial charge in [0.2, 0.25) is 0 Å². The molecule has 3 heteroatoms. The molecule has 0 aromatic heterocycles. The van der Waals surface area contributed by atoms with Crippen molar-refractivity contribution in [3.05, 3.63) is 29.6 Å². The molecule has 0 fully saturated rings. The third-order valence-corrected chi connectivity index (χ3v) is 3.37. The lowest BCUT2D eigenvalue weighted by molar-refractivity contribution is 0.554. The Morgan fingerprint density at radius 3 is 3.00 bits per heavy atom. The number of likely N-dealkylation sites (N-methyl/N-ethyl adjacent to an activating group) is 1. The van der Waals surface area contributed by atoms with E-state index in [0.29, 0.717) is 12.6 Å². The Hall–Kier alpha value is -1.09. The summed E-state index contributed by atoms with van der Waals surface area (Å²) in [5, 5.41) is 0. The van der Waals surface area contributed by atoms with Crippen molar-refractivity contribution in [2.75, 3.05) is 18.0 Å². The Bertz CT molecular complexity index is 365. The summed E-state index contributed by atoms with van der Waals surface area (Å²) in [6.45, 7) is 3.77. The van der Waals surface area contributed by atoms with Crippen LogP contribution in [0.5, 0.6) is 0 Å². The van der Waals surface area contributed by atoms with E-state index < -0.39 is 0 Å². The van der Waals surface area contributed by atoms with Crippen molar-refractivity contribution in [1.82, 2.24) is 0 Å². The van der Waals surface area contributed by atoms with Crippen molar-refractivity contribution in [3.8, 4) is 0 Å². The predicted molar refractivity (Wildman–Crippen MR) is 65.2 cm³/mol. The molecule has 2 rings (SSSR count). The van der Waals surface area contributed by atoms with Gasteiger partial charge in [-0.25, -0.2) is 4.39 Å². The Kier molecular flexibility index (Phi) is 3.44. The van der Waals surface area contributed by atoms with Gasteiger partial charge in [-0.15, -0.1) is 0 Å². The zero-order valence-corrected chi connectivity index (χ0v) is 9.75. The van der Waals surface area contributed by atoms with Crippen LogP contribution < -0.4 is 10.6 Å². The first kappa shape index (κ1) is 11.4. The normalized spacial score (nSPS) is 18.9. The SMILES string of the molecule is CCN1c2cccc(F)c2CC1CCCN. The van der Waals surface area contributed by atoms with Gasteiger partial charge in [-0.2, -0.15) is 0 Å². The first-order valence-electron chi connectivity index (χ1n) is 6.02. The van der Waals surface area contributed by atoms with Gasteiger partial charge in [-0.3, -0.25) is 0 Å². The highest BCUT2D eigenvalue weighted by Crippen LogP contribution is 2.35. The molecular weight excluding hydrogens is 203 g/mol. The highest BCUT2D eigenvalue weighted by atomic mass is 19.1. The van der Waals surface area contributed by atoms with E-state index in [-0.39, 0.29) is 5.82 Å². The Morgan fingerprint density at radius 2 is 2.31 bits per heavy atom. The molecule has 0 radical (unpaired) electrons. The van der Waals surface area contributed by atoms with E-state index in [1.54, 1.807) is 12.1 Å². The number of rotatable bonds is 4. The number of benzene rings is 1. The molecule has 16 heavy (non-hydrogen) atoms. The van der Waals surface area contributed by atoms with Crippen LogP contribution in [-0.4, -0.2) is 19.1 Å². The molecule has 0 spiro atoms. The van der Waals surface area contributed by atoms with E-state index in [0.717, 1.165) is 37.1 Å². The molecule has 88 valence electrons. The van der Waals surface area contributed by atoms with Gasteiger partial charge in [0.05, 0.1) is 0 Å². The molecule has 2 nitrogen and oxygen atoms in total. The summed E-state index contributed by atoms with van der Waals surface area (Å²) >= 11 is 0. The minimum atomic E-state index is -0.0637. The number of halogens is 1. The van der Waals surface area contributed by atoms with E-state index in [1.165, 1.54) is 0 Å². The van der Waals surface area contributed by atoms with E-state index in [2.05, 4.69) is 11.8 Å². The summed E-state index contributed by atoms with van der Waals surface area (Å²) in [6, 6.07) is 5.80. The second kappa shape index (κ2) is 4.83. The molecule has 2 N–H and O–H groups in total. The van der Waals surface area contributed by atoms with E-state index in [1.807, 2.05) is 6.07 Å². The lowest BCUT2D eigenvalue weighted by Crippen LogP contribution is -2.32. The van der Waals surface area contributed by atoms with Gasteiger partial charge < -0.3 is 10.6 Å². The maximum absolute atomic E-state index is 13.6.